The van der Waals surface area contributed by atoms with E-state index >= 15 is 0 Å². The van der Waals surface area contributed by atoms with Gasteiger partial charge < -0.3 is 25.8 Å². The number of nitrogens with zero attached hydrogens (tertiary/aromatic N) is 3. The Balaban J connectivity index is 1.51. The number of anilines is 2. The highest BCUT2D eigenvalue weighted by atomic mass is 16.5. The average Bonchev–Trinajstić information content (AvgIpc) is 3.30. The van der Waals surface area contributed by atoms with Crippen LogP contribution in [0.15, 0.2) is 18.3 Å². The van der Waals surface area contributed by atoms with Crippen molar-refractivity contribution in [3.05, 3.63) is 23.9 Å². The van der Waals surface area contributed by atoms with Crippen molar-refractivity contribution in [2.24, 2.45) is 0 Å². The van der Waals surface area contributed by atoms with E-state index in [1.165, 1.54) is 25.9 Å². The molecule has 0 amide bonds. The molecule has 0 saturated carbocycles. The first kappa shape index (κ1) is 16.9. The molecule has 0 radical (unpaired) electrons. The topological polar surface area (TPSA) is 99.5 Å². The maximum absolute atomic E-state index is 6.08. The average molecular weight is 355 g/mol. The summed E-state index contributed by atoms with van der Waals surface area (Å²) in [6, 6.07) is 4.04. The van der Waals surface area contributed by atoms with Crippen LogP contribution in [0.1, 0.15) is 24.8 Å². The molecular formula is C19H25N5O2. The van der Waals surface area contributed by atoms with Gasteiger partial charge in [0.25, 0.3) is 0 Å². The molecule has 3 heterocycles. The van der Waals surface area contributed by atoms with E-state index in [4.69, 9.17) is 20.9 Å². The number of nitrogens with two attached hydrogens (primary N) is 2. The second-order valence-electron chi connectivity index (χ2n) is 6.84. The number of hydrogen-bond donors (Lipinski definition) is 2. The normalized spacial score (nSPS) is 16.5. The molecule has 0 unspecified atom stereocenters. The van der Waals surface area contributed by atoms with Gasteiger partial charge in [-0.2, -0.15) is 4.98 Å². The molecule has 138 valence electrons. The molecule has 4 rings (SSSR count). The van der Waals surface area contributed by atoms with E-state index in [0.717, 1.165) is 47.6 Å². The van der Waals surface area contributed by atoms with Crippen LogP contribution in [0.4, 0.5) is 11.8 Å². The third kappa shape index (κ3) is 3.53. The highest BCUT2D eigenvalue weighted by Gasteiger charge is 2.21. The molecule has 0 atom stereocenters. The number of fused-ring (bicyclic) bond motifs is 1. The second kappa shape index (κ2) is 7.37. The molecule has 0 aliphatic carbocycles. The molecule has 2 aromatic rings. The SMILES string of the molecule is Nc1ncc(-c2cc3c(c(OCCCN4CCCC4)c2)OCC3)c(N)n1. The maximum atomic E-state index is 6.08. The summed E-state index contributed by atoms with van der Waals surface area (Å²) in [7, 11) is 0. The van der Waals surface area contributed by atoms with Crippen molar-refractivity contribution < 1.29 is 9.47 Å². The molecule has 26 heavy (non-hydrogen) atoms. The van der Waals surface area contributed by atoms with E-state index in [1.54, 1.807) is 6.20 Å². The molecule has 1 aromatic carbocycles. The summed E-state index contributed by atoms with van der Waals surface area (Å²) in [5, 5.41) is 0. The molecule has 7 nitrogen and oxygen atoms in total. The third-order valence-corrected chi connectivity index (χ3v) is 4.97. The molecule has 7 heteroatoms. The Kier molecular flexibility index (Phi) is 4.79. The lowest BCUT2D eigenvalue weighted by atomic mass is 10.0. The van der Waals surface area contributed by atoms with Crippen molar-refractivity contribution in [2.75, 3.05) is 44.3 Å². The lowest BCUT2D eigenvalue weighted by Crippen LogP contribution is -2.21. The van der Waals surface area contributed by atoms with E-state index in [2.05, 4.69) is 20.9 Å². The zero-order chi connectivity index (χ0) is 17.9. The van der Waals surface area contributed by atoms with Gasteiger partial charge in [0.1, 0.15) is 5.82 Å². The first-order valence-electron chi connectivity index (χ1n) is 9.24. The fourth-order valence-electron chi connectivity index (χ4n) is 3.64. The Morgan fingerprint density at radius 2 is 2.04 bits per heavy atom. The Morgan fingerprint density at radius 3 is 2.85 bits per heavy atom. The quantitative estimate of drug-likeness (QED) is 0.766. The highest BCUT2D eigenvalue weighted by molar-refractivity contribution is 5.76. The smallest absolute Gasteiger partial charge is 0.221 e. The van der Waals surface area contributed by atoms with Crippen molar-refractivity contribution in [1.29, 1.82) is 0 Å². The number of aromatic nitrogens is 2. The van der Waals surface area contributed by atoms with Gasteiger partial charge in [-0.05, 0) is 50.0 Å². The van der Waals surface area contributed by atoms with Crippen molar-refractivity contribution in [1.82, 2.24) is 14.9 Å². The van der Waals surface area contributed by atoms with E-state index in [1.807, 2.05) is 6.07 Å². The summed E-state index contributed by atoms with van der Waals surface area (Å²) < 4.78 is 11.9. The van der Waals surface area contributed by atoms with Gasteiger partial charge in [0.2, 0.25) is 5.95 Å². The van der Waals surface area contributed by atoms with Crippen LogP contribution in [-0.4, -0.2) is 47.7 Å². The second-order valence-corrected chi connectivity index (χ2v) is 6.84. The summed E-state index contributed by atoms with van der Waals surface area (Å²) in [5.74, 6) is 2.17. The van der Waals surface area contributed by atoms with E-state index < -0.39 is 0 Å². The summed E-state index contributed by atoms with van der Waals surface area (Å²) >= 11 is 0. The monoisotopic (exact) mass is 355 g/mol. The maximum Gasteiger partial charge on any atom is 0.221 e. The van der Waals surface area contributed by atoms with Gasteiger partial charge in [-0.3, -0.25) is 0 Å². The minimum absolute atomic E-state index is 0.175. The standard InChI is InChI=1S/C19H25N5O2/c20-18-15(12-22-19(21)23-18)14-10-13-4-9-26-17(13)16(11-14)25-8-3-7-24-5-1-2-6-24/h10-12H,1-9H2,(H4,20,21,22,23). The molecule has 1 aromatic heterocycles. The Labute approximate surface area is 153 Å². The molecule has 2 aliphatic heterocycles. The summed E-state index contributed by atoms with van der Waals surface area (Å²) in [4.78, 5) is 10.6. The van der Waals surface area contributed by atoms with Gasteiger partial charge in [-0.15, -0.1) is 0 Å². The predicted octanol–water partition coefficient (Wildman–Crippen LogP) is 2.11. The molecule has 0 bridgehead atoms. The molecule has 1 saturated heterocycles. The third-order valence-electron chi connectivity index (χ3n) is 4.97. The fraction of sp³-hybridized carbons (Fsp3) is 0.474. The van der Waals surface area contributed by atoms with Crippen LogP contribution < -0.4 is 20.9 Å². The number of benzene rings is 1. The molecule has 1 fully saturated rings. The molecule has 4 N–H and O–H groups in total. The molecule has 0 spiro atoms. The summed E-state index contributed by atoms with van der Waals surface area (Å²) in [6.07, 6.45) is 6.16. The number of hydrogen-bond acceptors (Lipinski definition) is 7. The first-order valence-corrected chi connectivity index (χ1v) is 9.24. The van der Waals surface area contributed by atoms with Crippen molar-refractivity contribution >= 4 is 11.8 Å². The van der Waals surface area contributed by atoms with Crippen LogP contribution in [0.3, 0.4) is 0 Å². The van der Waals surface area contributed by atoms with Gasteiger partial charge in [0.05, 0.1) is 13.2 Å². The van der Waals surface area contributed by atoms with Crippen LogP contribution >= 0.6 is 0 Å². The highest BCUT2D eigenvalue weighted by Crippen LogP contribution is 2.40. The van der Waals surface area contributed by atoms with Crippen LogP contribution in [-0.2, 0) is 6.42 Å². The van der Waals surface area contributed by atoms with Gasteiger partial charge in [0.15, 0.2) is 11.5 Å². The first-order chi connectivity index (χ1) is 12.7. The number of ether oxygens (including phenoxy) is 2. The number of nitrogen functional groups attached to an aromatic ring is 2. The van der Waals surface area contributed by atoms with E-state index in [0.29, 0.717) is 19.0 Å². The Morgan fingerprint density at radius 1 is 1.19 bits per heavy atom. The zero-order valence-electron chi connectivity index (χ0n) is 14.9. The number of likely N-dealkylation sites (tertiary alicyclic amines) is 1. The predicted molar refractivity (Wildman–Crippen MR) is 101 cm³/mol. The largest absolute Gasteiger partial charge is 0.490 e. The minimum atomic E-state index is 0.175. The molecular weight excluding hydrogens is 330 g/mol. The van der Waals surface area contributed by atoms with Gasteiger partial charge in [0, 0.05) is 30.3 Å². The van der Waals surface area contributed by atoms with Gasteiger partial charge in [-0.1, -0.05) is 0 Å². The van der Waals surface area contributed by atoms with Crippen LogP contribution in [0.25, 0.3) is 11.1 Å². The van der Waals surface area contributed by atoms with Crippen molar-refractivity contribution in [3.8, 4) is 22.6 Å². The summed E-state index contributed by atoms with van der Waals surface area (Å²) in [6.45, 7) is 4.86. The van der Waals surface area contributed by atoms with Gasteiger partial charge >= 0.3 is 0 Å². The minimum Gasteiger partial charge on any atom is -0.490 e. The van der Waals surface area contributed by atoms with E-state index in [9.17, 15) is 0 Å². The van der Waals surface area contributed by atoms with Crippen LogP contribution in [0.5, 0.6) is 11.5 Å². The lowest BCUT2D eigenvalue weighted by molar-refractivity contribution is 0.251. The number of rotatable bonds is 6. The molecule has 2 aliphatic rings. The van der Waals surface area contributed by atoms with E-state index in [-0.39, 0.29) is 5.95 Å². The Bertz CT molecular complexity index is 790. The van der Waals surface area contributed by atoms with Crippen molar-refractivity contribution in [2.45, 2.75) is 25.7 Å². The van der Waals surface area contributed by atoms with Gasteiger partial charge in [-0.25, -0.2) is 4.98 Å². The van der Waals surface area contributed by atoms with Crippen molar-refractivity contribution in [3.63, 3.8) is 0 Å². The Hall–Kier alpha value is -2.54. The fourth-order valence-corrected chi connectivity index (χ4v) is 3.64. The zero-order valence-corrected chi connectivity index (χ0v) is 14.9. The summed E-state index contributed by atoms with van der Waals surface area (Å²) in [5.41, 5.74) is 14.5. The lowest BCUT2D eigenvalue weighted by Gasteiger charge is -2.16. The van der Waals surface area contributed by atoms with Crippen LogP contribution in [0.2, 0.25) is 0 Å². The van der Waals surface area contributed by atoms with Crippen LogP contribution in [0, 0.1) is 0 Å².